The number of carboxylic acids is 1. The van der Waals surface area contributed by atoms with Crippen molar-refractivity contribution in [2.75, 3.05) is 19.7 Å². The van der Waals surface area contributed by atoms with Crippen molar-refractivity contribution < 1.29 is 19.4 Å². The van der Waals surface area contributed by atoms with Gasteiger partial charge < -0.3 is 20.5 Å². The Balaban J connectivity index is 1.49. The molecule has 26 heavy (non-hydrogen) atoms. The van der Waals surface area contributed by atoms with Gasteiger partial charge in [-0.05, 0) is 75.7 Å². The molecule has 1 saturated carbocycles. The normalized spacial score (nSPS) is 24.0. The van der Waals surface area contributed by atoms with Gasteiger partial charge in [-0.2, -0.15) is 0 Å². The van der Waals surface area contributed by atoms with Crippen LogP contribution in [0, 0.1) is 11.8 Å². The molecule has 3 rings (SSSR count). The smallest absolute Gasteiger partial charge is 0.306 e. The highest BCUT2D eigenvalue weighted by Gasteiger charge is 2.27. The number of hydrogen-bond acceptors (Lipinski definition) is 4. The zero-order valence-electron chi connectivity index (χ0n) is 15.1. The van der Waals surface area contributed by atoms with Crippen LogP contribution in [-0.4, -0.2) is 42.7 Å². The summed E-state index contributed by atoms with van der Waals surface area (Å²) in [6.07, 6.45) is 4.93. The zero-order chi connectivity index (χ0) is 18.4. The van der Waals surface area contributed by atoms with Crippen LogP contribution in [0.1, 0.15) is 48.9 Å². The van der Waals surface area contributed by atoms with Crippen LogP contribution in [0.5, 0.6) is 5.75 Å². The molecule has 0 aromatic heterocycles. The molecular formula is C20H28N2O4. The maximum absolute atomic E-state index is 12.5. The molecule has 0 unspecified atom stereocenters. The average molecular weight is 360 g/mol. The standard InChI is InChI=1S/C20H28N2O4/c23-19(22-17-6-4-15(5-7-17)20(24)25)16-2-1-3-18(12-16)26-13-14-8-10-21-11-9-14/h1-3,12,14-15,17,21H,4-11,13H2,(H,22,23)(H,24,25). The van der Waals surface area contributed by atoms with Gasteiger partial charge in [0.15, 0.2) is 0 Å². The highest BCUT2D eigenvalue weighted by Crippen LogP contribution is 2.25. The molecule has 0 radical (unpaired) electrons. The predicted octanol–water partition coefficient (Wildman–Crippen LogP) is 2.44. The van der Waals surface area contributed by atoms with Crippen LogP contribution in [0.4, 0.5) is 0 Å². The third-order valence-electron chi connectivity index (χ3n) is 5.45. The highest BCUT2D eigenvalue weighted by atomic mass is 16.5. The van der Waals surface area contributed by atoms with E-state index in [4.69, 9.17) is 9.84 Å². The first-order chi connectivity index (χ1) is 12.6. The van der Waals surface area contributed by atoms with Gasteiger partial charge in [0.2, 0.25) is 0 Å². The van der Waals surface area contributed by atoms with Crippen LogP contribution in [0.3, 0.4) is 0 Å². The number of aliphatic carboxylic acids is 1. The molecule has 1 aromatic rings. The number of nitrogens with one attached hydrogen (secondary N) is 2. The molecule has 1 saturated heterocycles. The molecule has 2 fully saturated rings. The van der Waals surface area contributed by atoms with E-state index in [2.05, 4.69) is 10.6 Å². The summed E-state index contributed by atoms with van der Waals surface area (Å²) in [5.41, 5.74) is 0.591. The lowest BCUT2D eigenvalue weighted by Gasteiger charge is -2.27. The van der Waals surface area contributed by atoms with Crippen molar-refractivity contribution in [1.82, 2.24) is 10.6 Å². The predicted molar refractivity (Wildman–Crippen MR) is 98.4 cm³/mol. The van der Waals surface area contributed by atoms with Crippen LogP contribution < -0.4 is 15.4 Å². The molecule has 2 aliphatic rings. The highest BCUT2D eigenvalue weighted by molar-refractivity contribution is 5.94. The first-order valence-electron chi connectivity index (χ1n) is 9.59. The molecular weight excluding hydrogens is 332 g/mol. The molecule has 3 N–H and O–H groups in total. The first-order valence-corrected chi connectivity index (χ1v) is 9.59. The van der Waals surface area contributed by atoms with Gasteiger partial charge in [-0.3, -0.25) is 9.59 Å². The number of rotatable bonds is 6. The minimum atomic E-state index is -0.728. The molecule has 6 nitrogen and oxygen atoms in total. The minimum absolute atomic E-state index is 0.0532. The number of carboxylic acid groups (broad SMARTS) is 1. The topological polar surface area (TPSA) is 87.7 Å². The van der Waals surface area contributed by atoms with Gasteiger partial charge in [0.1, 0.15) is 5.75 Å². The van der Waals surface area contributed by atoms with Gasteiger partial charge in [0.25, 0.3) is 5.91 Å². The molecule has 1 aliphatic heterocycles. The van der Waals surface area contributed by atoms with Crippen LogP contribution in [0.15, 0.2) is 24.3 Å². The van der Waals surface area contributed by atoms with Crippen molar-refractivity contribution in [1.29, 1.82) is 0 Å². The summed E-state index contributed by atoms with van der Waals surface area (Å²) < 4.78 is 5.89. The van der Waals surface area contributed by atoms with E-state index in [9.17, 15) is 9.59 Å². The second kappa shape index (κ2) is 9.03. The van der Waals surface area contributed by atoms with Crippen molar-refractivity contribution >= 4 is 11.9 Å². The third kappa shape index (κ3) is 5.21. The fraction of sp³-hybridized carbons (Fsp3) is 0.600. The largest absolute Gasteiger partial charge is 0.493 e. The van der Waals surface area contributed by atoms with Gasteiger partial charge >= 0.3 is 5.97 Å². The van der Waals surface area contributed by atoms with E-state index in [0.29, 0.717) is 43.8 Å². The van der Waals surface area contributed by atoms with Crippen molar-refractivity contribution in [3.63, 3.8) is 0 Å². The molecule has 1 aliphatic carbocycles. The van der Waals surface area contributed by atoms with Gasteiger partial charge in [0.05, 0.1) is 12.5 Å². The van der Waals surface area contributed by atoms with Gasteiger partial charge in [-0.25, -0.2) is 0 Å². The molecule has 0 atom stereocenters. The second-order valence-electron chi connectivity index (χ2n) is 7.39. The lowest BCUT2D eigenvalue weighted by Crippen LogP contribution is -2.38. The summed E-state index contributed by atoms with van der Waals surface area (Å²) in [4.78, 5) is 23.5. The molecule has 6 heteroatoms. The van der Waals surface area contributed by atoms with Crippen molar-refractivity contribution in [3.8, 4) is 5.75 Å². The summed E-state index contributed by atoms with van der Waals surface area (Å²) in [5, 5.41) is 15.4. The fourth-order valence-corrected chi connectivity index (χ4v) is 3.74. The fourth-order valence-electron chi connectivity index (χ4n) is 3.74. The monoisotopic (exact) mass is 360 g/mol. The van der Waals surface area contributed by atoms with Crippen LogP contribution in [0.25, 0.3) is 0 Å². The maximum atomic E-state index is 12.5. The summed E-state index contributed by atoms with van der Waals surface area (Å²) in [5.74, 6) is 0.184. The van der Waals surface area contributed by atoms with E-state index in [1.807, 2.05) is 12.1 Å². The van der Waals surface area contributed by atoms with E-state index in [1.54, 1.807) is 12.1 Å². The van der Waals surface area contributed by atoms with E-state index < -0.39 is 5.97 Å². The Labute approximate surface area is 154 Å². The number of benzene rings is 1. The quantitative estimate of drug-likeness (QED) is 0.725. The number of ether oxygens (including phenoxy) is 1. The Morgan fingerprint density at radius 2 is 1.85 bits per heavy atom. The summed E-state index contributed by atoms with van der Waals surface area (Å²) in [7, 11) is 0. The Bertz CT molecular complexity index is 620. The lowest BCUT2D eigenvalue weighted by molar-refractivity contribution is -0.142. The number of hydrogen-bond donors (Lipinski definition) is 3. The minimum Gasteiger partial charge on any atom is -0.493 e. The Hall–Kier alpha value is -2.08. The van der Waals surface area contributed by atoms with E-state index in [1.165, 1.54) is 0 Å². The first kappa shape index (κ1) is 18.7. The Morgan fingerprint density at radius 1 is 1.12 bits per heavy atom. The molecule has 1 amide bonds. The maximum Gasteiger partial charge on any atom is 0.306 e. The van der Waals surface area contributed by atoms with Crippen molar-refractivity contribution in [2.24, 2.45) is 11.8 Å². The Morgan fingerprint density at radius 3 is 2.54 bits per heavy atom. The summed E-state index contributed by atoms with van der Waals surface area (Å²) in [6.45, 7) is 2.77. The van der Waals surface area contributed by atoms with Crippen LogP contribution in [0.2, 0.25) is 0 Å². The van der Waals surface area contributed by atoms with E-state index in [0.717, 1.165) is 31.7 Å². The van der Waals surface area contributed by atoms with Crippen LogP contribution >= 0.6 is 0 Å². The number of amides is 1. The zero-order valence-corrected chi connectivity index (χ0v) is 15.1. The SMILES string of the molecule is O=C(NC1CCC(C(=O)O)CC1)c1cccc(OCC2CCNCC2)c1. The van der Waals surface area contributed by atoms with E-state index in [-0.39, 0.29) is 17.9 Å². The van der Waals surface area contributed by atoms with Crippen molar-refractivity contribution in [3.05, 3.63) is 29.8 Å². The van der Waals surface area contributed by atoms with Crippen molar-refractivity contribution in [2.45, 2.75) is 44.6 Å². The molecule has 1 aromatic carbocycles. The molecule has 0 bridgehead atoms. The molecule has 1 heterocycles. The van der Waals surface area contributed by atoms with Crippen LogP contribution in [-0.2, 0) is 4.79 Å². The summed E-state index contributed by atoms with van der Waals surface area (Å²) >= 11 is 0. The average Bonchev–Trinajstić information content (AvgIpc) is 2.68. The number of carbonyl (C=O) groups excluding carboxylic acids is 1. The van der Waals surface area contributed by atoms with Gasteiger partial charge in [-0.15, -0.1) is 0 Å². The second-order valence-corrected chi connectivity index (χ2v) is 7.39. The van der Waals surface area contributed by atoms with E-state index >= 15 is 0 Å². The molecule has 142 valence electrons. The molecule has 0 spiro atoms. The van der Waals surface area contributed by atoms with Gasteiger partial charge in [-0.1, -0.05) is 6.07 Å². The number of carbonyl (C=O) groups is 2. The Kier molecular flexibility index (Phi) is 6.50. The van der Waals surface area contributed by atoms with Gasteiger partial charge in [0, 0.05) is 11.6 Å². The summed E-state index contributed by atoms with van der Waals surface area (Å²) in [6, 6.07) is 7.36. The number of piperidine rings is 1. The third-order valence-corrected chi connectivity index (χ3v) is 5.45. The lowest BCUT2D eigenvalue weighted by atomic mass is 9.86.